The number of rotatable bonds is 5. The molecule has 0 spiro atoms. The fourth-order valence-electron chi connectivity index (χ4n) is 5.24. The van der Waals surface area contributed by atoms with Crippen LogP contribution in [0.25, 0.3) is 0 Å². The summed E-state index contributed by atoms with van der Waals surface area (Å²) in [6.07, 6.45) is 8.04. The number of piperidine rings is 1. The molecule has 3 aliphatic rings. The number of benzene rings is 1. The second-order valence-corrected chi connectivity index (χ2v) is 8.67. The van der Waals surface area contributed by atoms with Gasteiger partial charge in [0.15, 0.2) is 0 Å². The maximum Gasteiger partial charge on any atom is 0.233 e. The van der Waals surface area contributed by atoms with Crippen molar-refractivity contribution in [2.24, 2.45) is 0 Å². The summed E-state index contributed by atoms with van der Waals surface area (Å²) >= 11 is 0. The van der Waals surface area contributed by atoms with Crippen molar-refractivity contribution in [3.05, 3.63) is 66.0 Å². The largest absolute Gasteiger partial charge is 0.378 e. The Kier molecular flexibility index (Phi) is 4.88. The lowest BCUT2D eigenvalue weighted by Gasteiger charge is -2.53. The van der Waals surface area contributed by atoms with Crippen molar-refractivity contribution < 1.29 is 9.53 Å². The molecule has 0 N–H and O–H groups in total. The molecule has 1 aromatic carbocycles. The summed E-state index contributed by atoms with van der Waals surface area (Å²) in [4.78, 5) is 22.3. The van der Waals surface area contributed by atoms with Crippen LogP contribution in [0.15, 0.2) is 54.9 Å². The number of aromatic nitrogens is 1. The molecule has 0 unspecified atom stereocenters. The Balaban J connectivity index is 1.24. The van der Waals surface area contributed by atoms with Gasteiger partial charge in [0.1, 0.15) is 0 Å². The molecule has 5 nitrogen and oxygen atoms in total. The molecule has 0 bridgehead atoms. The lowest BCUT2D eigenvalue weighted by molar-refractivity contribution is -0.140. The first-order valence-corrected chi connectivity index (χ1v) is 10.8. The normalized spacial score (nSPS) is 26.7. The van der Waals surface area contributed by atoms with Crippen LogP contribution in [0.2, 0.25) is 0 Å². The molecule has 5 rings (SSSR count). The highest BCUT2D eigenvalue weighted by molar-refractivity contribution is 5.91. The molecule has 152 valence electrons. The van der Waals surface area contributed by atoms with Gasteiger partial charge in [0.05, 0.1) is 17.6 Å². The molecule has 1 aromatic heterocycles. The number of carbonyl (C=O) groups excluding carboxylic acids is 1. The summed E-state index contributed by atoms with van der Waals surface area (Å²) in [5.41, 5.74) is 2.17. The van der Waals surface area contributed by atoms with Crippen LogP contribution in [-0.2, 0) is 14.9 Å². The number of carbonyl (C=O) groups is 1. The standard InChI is InChI=1S/C24H29N3O2/c1-29-21-17-27(22(21)18-6-5-13-25-16-18)20-9-14-26(15-10-20)23(28)24(11-12-24)19-7-3-2-4-8-19/h2-8,13,16,20-22H,9-12,14-15,17H2,1H3/t21-,22-/m0/s1. The van der Waals surface area contributed by atoms with Gasteiger partial charge in [-0.3, -0.25) is 14.7 Å². The molecule has 29 heavy (non-hydrogen) atoms. The maximum atomic E-state index is 13.3. The Morgan fingerprint density at radius 2 is 1.86 bits per heavy atom. The Labute approximate surface area is 172 Å². The van der Waals surface area contributed by atoms with E-state index in [2.05, 4.69) is 33.0 Å². The lowest BCUT2D eigenvalue weighted by Crippen LogP contribution is -2.60. The van der Waals surface area contributed by atoms with Gasteiger partial charge in [0.25, 0.3) is 0 Å². The van der Waals surface area contributed by atoms with Crippen molar-refractivity contribution in [3.8, 4) is 0 Å². The van der Waals surface area contributed by atoms with Crippen LogP contribution in [0.5, 0.6) is 0 Å². The minimum Gasteiger partial charge on any atom is -0.378 e. The molecule has 1 aliphatic carbocycles. The van der Waals surface area contributed by atoms with Gasteiger partial charge < -0.3 is 9.64 Å². The first-order chi connectivity index (χ1) is 14.2. The molecular weight excluding hydrogens is 362 g/mol. The third-order valence-electron chi connectivity index (χ3n) is 7.14. The highest BCUT2D eigenvalue weighted by atomic mass is 16.5. The fraction of sp³-hybridized carbons (Fsp3) is 0.500. The predicted octanol–water partition coefficient (Wildman–Crippen LogP) is 3.18. The molecular formula is C24H29N3O2. The molecule has 2 saturated heterocycles. The number of ether oxygens (including phenoxy) is 1. The van der Waals surface area contributed by atoms with Gasteiger partial charge in [-0.15, -0.1) is 0 Å². The minimum atomic E-state index is -0.246. The molecule has 3 fully saturated rings. The molecule has 1 amide bonds. The van der Waals surface area contributed by atoms with E-state index < -0.39 is 0 Å². The number of methoxy groups -OCH3 is 1. The predicted molar refractivity (Wildman–Crippen MR) is 111 cm³/mol. The van der Waals surface area contributed by atoms with E-state index in [9.17, 15) is 4.79 Å². The zero-order valence-corrected chi connectivity index (χ0v) is 17.0. The minimum absolute atomic E-state index is 0.228. The maximum absolute atomic E-state index is 13.3. The zero-order valence-electron chi connectivity index (χ0n) is 17.0. The number of hydrogen-bond acceptors (Lipinski definition) is 4. The van der Waals surface area contributed by atoms with Gasteiger partial charge in [-0.05, 0) is 42.9 Å². The Hall–Kier alpha value is -2.24. The smallest absolute Gasteiger partial charge is 0.233 e. The number of likely N-dealkylation sites (tertiary alicyclic amines) is 2. The molecule has 2 aromatic rings. The SMILES string of the molecule is CO[C@H]1CN(C2CCN(C(=O)C3(c4ccccc4)CC3)CC2)[C@H]1c1cccnc1. The quantitative estimate of drug-likeness (QED) is 0.785. The van der Waals surface area contributed by atoms with E-state index in [0.717, 1.165) is 45.3 Å². The Morgan fingerprint density at radius 1 is 1.10 bits per heavy atom. The topological polar surface area (TPSA) is 45.7 Å². The second-order valence-electron chi connectivity index (χ2n) is 8.67. The number of amides is 1. The first kappa shape index (κ1) is 18.8. The first-order valence-electron chi connectivity index (χ1n) is 10.8. The van der Waals surface area contributed by atoms with E-state index in [1.165, 1.54) is 11.1 Å². The number of pyridine rings is 1. The van der Waals surface area contributed by atoms with Gasteiger partial charge in [-0.1, -0.05) is 36.4 Å². The van der Waals surface area contributed by atoms with Gasteiger partial charge in [0.2, 0.25) is 5.91 Å². The molecule has 2 atom stereocenters. The van der Waals surface area contributed by atoms with E-state index in [-0.39, 0.29) is 17.6 Å². The van der Waals surface area contributed by atoms with Crippen LogP contribution in [-0.4, -0.2) is 59.6 Å². The van der Waals surface area contributed by atoms with Crippen LogP contribution >= 0.6 is 0 Å². The lowest BCUT2D eigenvalue weighted by atomic mass is 9.87. The van der Waals surface area contributed by atoms with Gasteiger partial charge >= 0.3 is 0 Å². The summed E-state index contributed by atoms with van der Waals surface area (Å²) < 4.78 is 5.70. The second kappa shape index (κ2) is 7.54. The summed E-state index contributed by atoms with van der Waals surface area (Å²) in [7, 11) is 1.80. The molecule has 3 heterocycles. The van der Waals surface area contributed by atoms with Crippen LogP contribution in [0.4, 0.5) is 0 Å². The molecule has 5 heteroatoms. The van der Waals surface area contributed by atoms with Crippen LogP contribution in [0, 0.1) is 0 Å². The Bertz CT molecular complexity index is 845. The van der Waals surface area contributed by atoms with Crippen LogP contribution in [0.3, 0.4) is 0 Å². The van der Waals surface area contributed by atoms with Crippen molar-refractivity contribution in [1.82, 2.24) is 14.8 Å². The van der Waals surface area contributed by atoms with E-state index in [4.69, 9.17) is 4.74 Å². The third-order valence-corrected chi connectivity index (χ3v) is 7.14. The average Bonchev–Trinajstić information content (AvgIpc) is 3.57. The highest BCUT2D eigenvalue weighted by Crippen LogP contribution is 2.50. The van der Waals surface area contributed by atoms with Gasteiger partial charge in [-0.2, -0.15) is 0 Å². The Morgan fingerprint density at radius 3 is 2.48 bits per heavy atom. The summed E-state index contributed by atoms with van der Waals surface area (Å²) in [5, 5.41) is 0. The summed E-state index contributed by atoms with van der Waals surface area (Å²) in [6, 6.07) is 15.3. The molecule has 2 aliphatic heterocycles. The van der Waals surface area contributed by atoms with Crippen molar-refractivity contribution in [3.63, 3.8) is 0 Å². The van der Waals surface area contributed by atoms with Crippen LogP contribution < -0.4 is 0 Å². The van der Waals surface area contributed by atoms with Crippen molar-refractivity contribution in [2.75, 3.05) is 26.7 Å². The zero-order chi connectivity index (χ0) is 19.8. The van der Waals surface area contributed by atoms with Crippen molar-refractivity contribution >= 4 is 5.91 Å². The van der Waals surface area contributed by atoms with Crippen molar-refractivity contribution in [1.29, 1.82) is 0 Å². The molecule has 1 saturated carbocycles. The van der Waals surface area contributed by atoms with E-state index >= 15 is 0 Å². The average molecular weight is 392 g/mol. The van der Waals surface area contributed by atoms with E-state index in [1.807, 2.05) is 36.7 Å². The van der Waals surface area contributed by atoms with Gasteiger partial charge in [-0.25, -0.2) is 0 Å². The highest BCUT2D eigenvalue weighted by Gasteiger charge is 2.53. The summed E-state index contributed by atoms with van der Waals surface area (Å²) in [5.74, 6) is 0.337. The monoisotopic (exact) mass is 391 g/mol. The number of nitrogens with zero attached hydrogens (tertiary/aromatic N) is 3. The fourth-order valence-corrected chi connectivity index (χ4v) is 5.24. The molecule has 0 radical (unpaired) electrons. The third kappa shape index (κ3) is 3.26. The summed E-state index contributed by atoms with van der Waals surface area (Å²) in [6.45, 7) is 2.67. The van der Waals surface area contributed by atoms with Crippen molar-refractivity contribution in [2.45, 2.75) is 49.3 Å². The van der Waals surface area contributed by atoms with Crippen LogP contribution in [0.1, 0.15) is 42.9 Å². The number of hydrogen-bond donors (Lipinski definition) is 0. The van der Waals surface area contributed by atoms with E-state index in [0.29, 0.717) is 11.9 Å². The van der Waals surface area contributed by atoms with E-state index in [1.54, 1.807) is 7.11 Å². The van der Waals surface area contributed by atoms with Gasteiger partial charge in [0, 0.05) is 45.2 Å².